The lowest BCUT2D eigenvalue weighted by Crippen LogP contribution is -2.27. The molecule has 0 aliphatic heterocycles. The summed E-state index contributed by atoms with van der Waals surface area (Å²) in [5, 5.41) is 2.67. The largest absolute Gasteiger partial charge is 0.326 e. The van der Waals surface area contributed by atoms with E-state index in [1.807, 2.05) is 0 Å². The second-order valence-corrected chi connectivity index (χ2v) is 8.89. The maximum atomic E-state index is 13.0. The molecule has 1 aromatic heterocycles. The maximum Gasteiger partial charge on any atom is 0.326 e. The van der Waals surface area contributed by atoms with E-state index < -0.39 is 21.6 Å². The zero-order valence-corrected chi connectivity index (χ0v) is 17.5. The topological polar surface area (TPSA) is 104 Å². The van der Waals surface area contributed by atoms with Gasteiger partial charge in [-0.1, -0.05) is 36.4 Å². The number of rotatable bonds is 6. The minimum absolute atomic E-state index is 0.0425. The van der Waals surface area contributed by atoms with Gasteiger partial charge in [0.2, 0.25) is 5.91 Å². The molecule has 31 heavy (non-hydrogen) atoms. The van der Waals surface area contributed by atoms with Crippen molar-refractivity contribution in [3.8, 4) is 0 Å². The second-order valence-electron chi connectivity index (χ2n) is 6.92. The molecular weight excluding hydrogens is 416 g/mol. The molecule has 4 aromatic rings. The lowest BCUT2D eigenvalue weighted by Gasteiger charge is -2.20. The van der Waals surface area contributed by atoms with Crippen LogP contribution in [0.15, 0.2) is 88.6 Å². The number of anilines is 2. The summed E-state index contributed by atoms with van der Waals surface area (Å²) in [5.74, 6) is -0.446. The molecule has 158 valence electrons. The first kappa shape index (κ1) is 20.4. The van der Waals surface area contributed by atoms with E-state index in [9.17, 15) is 18.0 Å². The van der Waals surface area contributed by atoms with Gasteiger partial charge in [-0.05, 0) is 42.5 Å². The Balaban J connectivity index is 1.55. The SMILES string of the molecule is CN(c1ccccc1)S(=O)(=O)c1cccc(NC(=O)Cn2c(=O)[nH]c3ccccc32)c1. The molecule has 0 aliphatic carbocycles. The molecule has 2 N–H and O–H groups in total. The molecule has 9 heteroatoms. The van der Waals surface area contributed by atoms with Crippen molar-refractivity contribution >= 4 is 38.3 Å². The zero-order valence-electron chi connectivity index (χ0n) is 16.6. The van der Waals surface area contributed by atoms with Gasteiger partial charge in [0.05, 0.1) is 21.6 Å². The molecule has 4 rings (SSSR count). The highest BCUT2D eigenvalue weighted by Gasteiger charge is 2.21. The Kier molecular flexibility index (Phi) is 5.35. The quantitative estimate of drug-likeness (QED) is 0.485. The van der Waals surface area contributed by atoms with Gasteiger partial charge in [-0.15, -0.1) is 0 Å². The molecule has 0 radical (unpaired) electrons. The van der Waals surface area contributed by atoms with Crippen molar-refractivity contribution in [1.29, 1.82) is 0 Å². The first-order chi connectivity index (χ1) is 14.9. The zero-order chi connectivity index (χ0) is 22.0. The van der Waals surface area contributed by atoms with Crippen LogP contribution in [0.25, 0.3) is 11.0 Å². The van der Waals surface area contributed by atoms with Crippen LogP contribution in [0, 0.1) is 0 Å². The van der Waals surface area contributed by atoms with E-state index in [1.165, 1.54) is 28.1 Å². The molecule has 0 fully saturated rings. The van der Waals surface area contributed by atoms with Gasteiger partial charge in [0.15, 0.2) is 0 Å². The Hall–Kier alpha value is -3.85. The summed E-state index contributed by atoms with van der Waals surface area (Å²) in [6.07, 6.45) is 0. The Morgan fingerprint density at radius 2 is 1.71 bits per heavy atom. The number of carbonyl (C=O) groups is 1. The maximum absolute atomic E-state index is 13.0. The van der Waals surface area contributed by atoms with E-state index in [-0.39, 0.29) is 11.4 Å². The van der Waals surface area contributed by atoms with Crippen LogP contribution in [-0.2, 0) is 21.4 Å². The predicted octanol–water partition coefficient (Wildman–Crippen LogP) is 2.79. The summed E-state index contributed by atoms with van der Waals surface area (Å²) >= 11 is 0. The first-order valence-electron chi connectivity index (χ1n) is 9.48. The van der Waals surface area contributed by atoms with E-state index in [4.69, 9.17) is 0 Å². The molecule has 0 atom stereocenters. The molecular formula is C22H20N4O4S. The van der Waals surface area contributed by atoms with Crippen LogP contribution in [-0.4, -0.2) is 30.9 Å². The number of aromatic nitrogens is 2. The van der Waals surface area contributed by atoms with Crippen LogP contribution in [0.4, 0.5) is 11.4 Å². The fourth-order valence-corrected chi connectivity index (χ4v) is 4.52. The van der Waals surface area contributed by atoms with Crippen LogP contribution in [0.2, 0.25) is 0 Å². The number of fused-ring (bicyclic) bond motifs is 1. The number of sulfonamides is 1. The van der Waals surface area contributed by atoms with Gasteiger partial charge in [0, 0.05) is 12.7 Å². The Labute approximate surface area is 178 Å². The number of benzene rings is 3. The highest BCUT2D eigenvalue weighted by atomic mass is 32.2. The number of hydrogen-bond acceptors (Lipinski definition) is 4. The molecule has 1 heterocycles. The number of nitrogens with zero attached hydrogens (tertiary/aromatic N) is 2. The molecule has 1 amide bonds. The number of H-pyrrole nitrogens is 1. The van der Waals surface area contributed by atoms with Gasteiger partial charge >= 0.3 is 5.69 Å². The normalized spacial score (nSPS) is 11.4. The number of carbonyl (C=O) groups excluding carboxylic acids is 1. The van der Waals surface area contributed by atoms with Crippen LogP contribution in [0.1, 0.15) is 0 Å². The van der Waals surface area contributed by atoms with Crippen molar-refractivity contribution in [2.45, 2.75) is 11.4 Å². The van der Waals surface area contributed by atoms with E-state index in [2.05, 4.69) is 10.3 Å². The van der Waals surface area contributed by atoms with Crippen molar-refractivity contribution in [2.24, 2.45) is 0 Å². The van der Waals surface area contributed by atoms with Gasteiger partial charge < -0.3 is 10.3 Å². The second kappa shape index (κ2) is 8.11. The summed E-state index contributed by atoms with van der Waals surface area (Å²) in [6, 6.07) is 21.8. The van der Waals surface area contributed by atoms with Gasteiger partial charge in [-0.25, -0.2) is 13.2 Å². The lowest BCUT2D eigenvalue weighted by molar-refractivity contribution is -0.116. The van der Waals surface area contributed by atoms with Crippen molar-refractivity contribution in [3.63, 3.8) is 0 Å². The number of hydrogen-bond donors (Lipinski definition) is 2. The van der Waals surface area contributed by atoms with Crippen LogP contribution in [0.3, 0.4) is 0 Å². The Bertz CT molecular complexity index is 1410. The third-order valence-electron chi connectivity index (χ3n) is 4.88. The van der Waals surface area contributed by atoms with E-state index >= 15 is 0 Å². The number of para-hydroxylation sites is 3. The van der Waals surface area contributed by atoms with Crippen LogP contribution < -0.4 is 15.3 Å². The summed E-state index contributed by atoms with van der Waals surface area (Å²) in [5.41, 5.74) is 1.70. The number of aromatic amines is 1. The van der Waals surface area contributed by atoms with Crippen molar-refractivity contribution in [1.82, 2.24) is 9.55 Å². The number of amides is 1. The standard InChI is InChI=1S/C22H20N4O4S/c1-25(17-9-3-2-4-10-17)31(29,30)18-11-7-8-16(14-18)23-21(27)15-26-20-13-6-5-12-19(20)24-22(26)28/h2-14H,15H2,1H3,(H,23,27)(H,24,28). The van der Waals surface area contributed by atoms with Gasteiger partial charge in [-0.2, -0.15) is 0 Å². The third kappa shape index (κ3) is 4.08. The van der Waals surface area contributed by atoms with Crippen molar-refractivity contribution in [2.75, 3.05) is 16.7 Å². The fourth-order valence-electron chi connectivity index (χ4n) is 3.28. The summed E-state index contributed by atoms with van der Waals surface area (Å²) in [6.45, 7) is -0.205. The van der Waals surface area contributed by atoms with E-state index in [1.54, 1.807) is 66.7 Å². The Morgan fingerprint density at radius 3 is 2.48 bits per heavy atom. The van der Waals surface area contributed by atoms with E-state index in [0.717, 1.165) is 0 Å². The van der Waals surface area contributed by atoms with Gasteiger partial charge in [-0.3, -0.25) is 13.7 Å². The van der Waals surface area contributed by atoms with Crippen LogP contribution >= 0.6 is 0 Å². The smallest absolute Gasteiger partial charge is 0.324 e. The van der Waals surface area contributed by atoms with Crippen LogP contribution in [0.5, 0.6) is 0 Å². The molecule has 8 nitrogen and oxygen atoms in total. The first-order valence-corrected chi connectivity index (χ1v) is 10.9. The minimum atomic E-state index is -3.81. The summed E-state index contributed by atoms with van der Waals surface area (Å²) < 4.78 is 28.5. The highest BCUT2D eigenvalue weighted by molar-refractivity contribution is 7.92. The lowest BCUT2D eigenvalue weighted by atomic mass is 10.3. The minimum Gasteiger partial charge on any atom is -0.324 e. The number of imidazole rings is 1. The molecule has 0 spiro atoms. The van der Waals surface area contributed by atoms with Gasteiger partial charge in [0.1, 0.15) is 6.54 Å². The molecule has 0 aliphatic rings. The highest BCUT2D eigenvalue weighted by Crippen LogP contribution is 2.23. The predicted molar refractivity (Wildman–Crippen MR) is 120 cm³/mol. The van der Waals surface area contributed by atoms with Crippen molar-refractivity contribution in [3.05, 3.63) is 89.3 Å². The van der Waals surface area contributed by atoms with Gasteiger partial charge in [0.25, 0.3) is 10.0 Å². The average molecular weight is 436 g/mol. The Morgan fingerprint density at radius 1 is 1.00 bits per heavy atom. The molecule has 0 unspecified atom stereocenters. The molecule has 3 aromatic carbocycles. The molecule has 0 bridgehead atoms. The fraction of sp³-hybridized carbons (Fsp3) is 0.0909. The monoisotopic (exact) mass is 436 g/mol. The van der Waals surface area contributed by atoms with Crippen molar-refractivity contribution < 1.29 is 13.2 Å². The third-order valence-corrected chi connectivity index (χ3v) is 6.66. The molecule has 0 saturated heterocycles. The molecule has 0 saturated carbocycles. The number of nitrogens with one attached hydrogen (secondary N) is 2. The van der Waals surface area contributed by atoms with E-state index in [0.29, 0.717) is 22.4 Å². The summed E-state index contributed by atoms with van der Waals surface area (Å²) in [4.78, 5) is 27.5. The summed E-state index contributed by atoms with van der Waals surface area (Å²) in [7, 11) is -2.34. The average Bonchev–Trinajstić information content (AvgIpc) is 3.09.